The lowest BCUT2D eigenvalue weighted by Crippen LogP contribution is -2.39. The van der Waals surface area contributed by atoms with Crippen molar-refractivity contribution in [2.75, 3.05) is 0 Å². The van der Waals surface area contributed by atoms with Crippen LogP contribution in [0.2, 0.25) is 0 Å². The first-order valence-electron chi connectivity index (χ1n) is 5.46. The number of nitrogens with zero attached hydrogens (tertiary/aromatic N) is 4. The van der Waals surface area contributed by atoms with Crippen LogP contribution in [-0.4, -0.2) is 37.5 Å². The van der Waals surface area contributed by atoms with Gasteiger partial charge in [-0.05, 0) is 36.1 Å². The molecule has 2 aliphatic heterocycles. The summed E-state index contributed by atoms with van der Waals surface area (Å²) in [7, 11) is 1.90. The molecule has 0 aromatic carbocycles. The average molecular weight is 225 g/mol. The Morgan fingerprint density at radius 3 is 2.67 bits per heavy atom. The lowest BCUT2D eigenvalue weighted by Gasteiger charge is -2.27. The van der Waals surface area contributed by atoms with Crippen LogP contribution >= 0.6 is 11.8 Å². The molecule has 0 aliphatic carbocycles. The maximum absolute atomic E-state index is 4.02. The van der Waals surface area contributed by atoms with Gasteiger partial charge in [-0.1, -0.05) is 11.8 Å². The first-order chi connectivity index (χ1) is 7.31. The van der Waals surface area contributed by atoms with Gasteiger partial charge in [-0.15, -0.1) is 5.10 Å². The Labute approximate surface area is 93.0 Å². The number of nitrogens with one attached hydrogen (secondary N) is 1. The highest BCUT2D eigenvalue weighted by Gasteiger charge is 2.34. The largest absolute Gasteiger partial charge is 0.311 e. The number of tetrazole rings is 1. The highest BCUT2D eigenvalue weighted by atomic mass is 32.2. The molecule has 0 amide bonds. The van der Waals surface area contributed by atoms with Gasteiger partial charge in [0.15, 0.2) is 0 Å². The maximum Gasteiger partial charge on any atom is 0.209 e. The normalized spacial score (nSPS) is 34.6. The van der Waals surface area contributed by atoms with Crippen molar-refractivity contribution in [3.63, 3.8) is 0 Å². The van der Waals surface area contributed by atoms with E-state index >= 15 is 0 Å². The minimum atomic E-state index is 0.688. The molecule has 0 spiro atoms. The quantitative estimate of drug-likeness (QED) is 0.798. The third-order valence-electron chi connectivity index (χ3n) is 3.28. The smallest absolute Gasteiger partial charge is 0.209 e. The Morgan fingerprint density at radius 2 is 2.07 bits per heavy atom. The summed E-state index contributed by atoms with van der Waals surface area (Å²) in [6, 6.07) is 1.48. The zero-order valence-corrected chi connectivity index (χ0v) is 9.57. The van der Waals surface area contributed by atoms with Crippen LogP contribution in [0.1, 0.15) is 25.7 Å². The summed E-state index contributed by atoms with van der Waals surface area (Å²) in [4.78, 5) is 0. The van der Waals surface area contributed by atoms with Crippen LogP contribution in [0.4, 0.5) is 0 Å². The number of thioether (sulfide) groups is 1. The first kappa shape index (κ1) is 9.59. The highest BCUT2D eigenvalue weighted by Crippen LogP contribution is 2.35. The molecule has 3 heterocycles. The van der Waals surface area contributed by atoms with Crippen LogP contribution in [0.15, 0.2) is 5.16 Å². The molecule has 2 fully saturated rings. The molecule has 82 valence electrons. The van der Waals surface area contributed by atoms with Gasteiger partial charge in [0.25, 0.3) is 0 Å². The fourth-order valence-corrected chi connectivity index (χ4v) is 3.80. The first-order valence-corrected chi connectivity index (χ1v) is 6.34. The molecule has 15 heavy (non-hydrogen) atoms. The van der Waals surface area contributed by atoms with E-state index in [0.29, 0.717) is 5.25 Å². The van der Waals surface area contributed by atoms with Crippen molar-refractivity contribution in [2.45, 2.75) is 48.2 Å². The minimum absolute atomic E-state index is 0.688. The number of aryl methyl sites for hydroxylation is 1. The Bertz CT molecular complexity index is 340. The molecule has 0 saturated carbocycles. The van der Waals surface area contributed by atoms with Gasteiger partial charge in [0.05, 0.1) is 0 Å². The predicted molar refractivity (Wildman–Crippen MR) is 57.6 cm³/mol. The maximum atomic E-state index is 4.02. The van der Waals surface area contributed by atoms with Crippen molar-refractivity contribution < 1.29 is 0 Å². The summed E-state index contributed by atoms with van der Waals surface area (Å²) >= 11 is 1.83. The number of aromatic nitrogens is 4. The summed E-state index contributed by atoms with van der Waals surface area (Å²) < 4.78 is 1.76. The van der Waals surface area contributed by atoms with Crippen molar-refractivity contribution in [3.8, 4) is 0 Å². The lowest BCUT2D eigenvalue weighted by atomic mass is 10.1. The Morgan fingerprint density at radius 1 is 1.33 bits per heavy atom. The van der Waals surface area contributed by atoms with Gasteiger partial charge in [0.1, 0.15) is 0 Å². The lowest BCUT2D eigenvalue weighted by molar-refractivity contribution is 0.414. The molecule has 2 atom stereocenters. The molecule has 1 aromatic rings. The van der Waals surface area contributed by atoms with Gasteiger partial charge in [0.2, 0.25) is 5.16 Å². The van der Waals surface area contributed by atoms with E-state index in [1.165, 1.54) is 25.7 Å². The van der Waals surface area contributed by atoms with Crippen molar-refractivity contribution in [1.82, 2.24) is 25.5 Å². The zero-order chi connectivity index (χ0) is 10.3. The van der Waals surface area contributed by atoms with Crippen LogP contribution in [0, 0.1) is 0 Å². The summed E-state index contributed by atoms with van der Waals surface area (Å²) in [6.45, 7) is 0. The summed E-state index contributed by atoms with van der Waals surface area (Å²) in [5.41, 5.74) is 0. The van der Waals surface area contributed by atoms with E-state index in [-0.39, 0.29) is 0 Å². The van der Waals surface area contributed by atoms with E-state index in [1.54, 1.807) is 4.68 Å². The zero-order valence-electron chi connectivity index (χ0n) is 8.76. The van der Waals surface area contributed by atoms with E-state index < -0.39 is 0 Å². The Hall–Kier alpha value is -0.620. The molecule has 1 aromatic heterocycles. The van der Waals surface area contributed by atoms with Crippen molar-refractivity contribution in [1.29, 1.82) is 0 Å². The predicted octanol–water partition coefficient (Wildman–Crippen LogP) is 0.585. The molecular formula is C9H15N5S. The van der Waals surface area contributed by atoms with E-state index in [1.807, 2.05) is 18.8 Å². The summed E-state index contributed by atoms with van der Waals surface area (Å²) in [6.07, 6.45) is 5.21. The second kappa shape index (κ2) is 3.75. The van der Waals surface area contributed by atoms with Crippen LogP contribution < -0.4 is 5.32 Å². The SMILES string of the molecule is Cn1nnnc1SC1C[C@H]2CC[C@H](C1)N2. The van der Waals surface area contributed by atoms with E-state index in [4.69, 9.17) is 0 Å². The van der Waals surface area contributed by atoms with Gasteiger partial charge in [-0.3, -0.25) is 0 Å². The van der Waals surface area contributed by atoms with E-state index in [0.717, 1.165) is 17.2 Å². The molecule has 3 rings (SSSR count). The number of rotatable bonds is 2. The van der Waals surface area contributed by atoms with Gasteiger partial charge >= 0.3 is 0 Å². The molecule has 2 aliphatic rings. The third kappa shape index (κ3) is 1.88. The van der Waals surface area contributed by atoms with Crippen LogP contribution in [0.3, 0.4) is 0 Å². The molecule has 0 unspecified atom stereocenters. The van der Waals surface area contributed by atoms with Gasteiger partial charge < -0.3 is 5.32 Å². The number of piperidine rings is 1. The molecule has 0 radical (unpaired) electrons. The minimum Gasteiger partial charge on any atom is -0.311 e. The highest BCUT2D eigenvalue weighted by molar-refractivity contribution is 7.99. The van der Waals surface area contributed by atoms with Crippen molar-refractivity contribution in [2.24, 2.45) is 7.05 Å². The molecule has 6 heteroatoms. The standard InChI is InChI=1S/C9H15N5S/c1-14-9(11-12-13-14)15-8-4-6-2-3-7(5-8)10-6/h6-8,10H,2-5H2,1H3/t6-,7-/m1/s1. The van der Waals surface area contributed by atoms with Gasteiger partial charge in [-0.2, -0.15) is 0 Å². The average Bonchev–Trinajstić information content (AvgIpc) is 2.75. The summed E-state index contributed by atoms with van der Waals surface area (Å²) in [5, 5.41) is 16.8. The molecule has 2 bridgehead atoms. The van der Waals surface area contributed by atoms with Crippen molar-refractivity contribution in [3.05, 3.63) is 0 Å². The fourth-order valence-electron chi connectivity index (χ4n) is 2.57. The van der Waals surface area contributed by atoms with Crippen LogP contribution in [0.5, 0.6) is 0 Å². The fraction of sp³-hybridized carbons (Fsp3) is 0.889. The Kier molecular flexibility index (Phi) is 2.40. The van der Waals surface area contributed by atoms with Crippen LogP contribution in [-0.2, 0) is 7.05 Å². The number of hydrogen-bond acceptors (Lipinski definition) is 5. The molecular weight excluding hydrogens is 210 g/mol. The van der Waals surface area contributed by atoms with Crippen molar-refractivity contribution >= 4 is 11.8 Å². The van der Waals surface area contributed by atoms with Gasteiger partial charge in [-0.25, -0.2) is 4.68 Å². The van der Waals surface area contributed by atoms with Gasteiger partial charge in [0, 0.05) is 24.4 Å². The number of hydrogen-bond donors (Lipinski definition) is 1. The van der Waals surface area contributed by atoms with E-state index in [2.05, 4.69) is 20.8 Å². The van der Waals surface area contributed by atoms with E-state index in [9.17, 15) is 0 Å². The third-order valence-corrected chi connectivity index (χ3v) is 4.56. The number of fused-ring (bicyclic) bond motifs is 2. The monoisotopic (exact) mass is 225 g/mol. The second-order valence-electron chi connectivity index (χ2n) is 4.43. The molecule has 1 N–H and O–H groups in total. The molecule has 5 nitrogen and oxygen atoms in total. The van der Waals surface area contributed by atoms with Crippen LogP contribution in [0.25, 0.3) is 0 Å². The second-order valence-corrected chi connectivity index (χ2v) is 5.70. The summed E-state index contributed by atoms with van der Waals surface area (Å²) in [5.74, 6) is 0. The molecule has 2 saturated heterocycles. The Balaban J connectivity index is 1.67. The topological polar surface area (TPSA) is 55.6 Å².